The number of hydrogen-bond acceptors (Lipinski definition) is 7. The van der Waals surface area contributed by atoms with Gasteiger partial charge in [-0.05, 0) is 17.5 Å². The van der Waals surface area contributed by atoms with Gasteiger partial charge in [-0.15, -0.1) is 0 Å². The second-order valence-corrected chi connectivity index (χ2v) is 8.96. The number of fused-ring (bicyclic) bond motifs is 1. The molecule has 0 fully saturated rings. The molecule has 186 valence electrons. The number of rotatable bonds is 12. The number of carbonyl (C=O) groups is 4. The molecule has 7 N–H and O–H groups in total. The third-order valence-electron chi connectivity index (χ3n) is 5.31. The fraction of sp³-hybridized carbons (Fsp3) is 0.455. The van der Waals surface area contributed by atoms with Gasteiger partial charge in [0.05, 0.1) is 6.04 Å². The molecule has 3 amide bonds. The van der Waals surface area contributed by atoms with Crippen LogP contribution in [0.15, 0.2) is 30.5 Å². The SMILES string of the molecule is CC(C)C(NC(=O)C(Cc1c[nH]c2ccccc12)NC(=O)C(N)CS)C(=O)NC(CS)C(=O)O. The van der Waals surface area contributed by atoms with Crippen LogP contribution in [0.5, 0.6) is 0 Å². The summed E-state index contributed by atoms with van der Waals surface area (Å²) in [5.41, 5.74) is 7.44. The largest absolute Gasteiger partial charge is 0.480 e. The minimum absolute atomic E-state index is 0.0879. The molecular weight excluding hydrogens is 478 g/mol. The van der Waals surface area contributed by atoms with Crippen LogP contribution in [-0.2, 0) is 25.6 Å². The molecule has 1 aromatic carbocycles. The molecule has 4 unspecified atom stereocenters. The lowest BCUT2D eigenvalue weighted by Gasteiger charge is -2.26. The Bertz CT molecular complexity index is 1030. The number of carboxylic acids is 1. The van der Waals surface area contributed by atoms with Gasteiger partial charge in [0.1, 0.15) is 18.1 Å². The van der Waals surface area contributed by atoms with Gasteiger partial charge in [0.25, 0.3) is 0 Å². The van der Waals surface area contributed by atoms with Gasteiger partial charge in [0.2, 0.25) is 17.7 Å². The smallest absolute Gasteiger partial charge is 0.327 e. The number of carbonyl (C=O) groups excluding carboxylic acids is 3. The third kappa shape index (κ3) is 7.15. The van der Waals surface area contributed by atoms with E-state index in [-0.39, 0.29) is 23.8 Å². The van der Waals surface area contributed by atoms with Crippen LogP contribution in [-0.4, -0.2) is 69.5 Å². The van der Waals surface area contributed by atoms with E-state index in [1.807, 2.05) is 24.3 Å². The van der Waals surface area contributed by atoms with Crippen molar-refractivity contribution in [2.45, 2.75) is 44.4 Å². The van der Waals surface area contributed by atoms with Gasteiger partial charge in [0, 0.05) is 35.0 Å². The molecule has 0 bridgehead atoms. The molecule has 12 heteroatoms. The number of aromatic nitrogens is 1. The highest BCUT2D eigenvalue weighted by Gasteiger charge is 2.32. The van der Waals surface area contributed by atoms with E-state index in [0.29, 0.717) is 0 Å². The van der Waals surface area contributed by atoms with Crippen LogP contribution in [0.4, 0.5) is 0 Å². The number of amides is 3. The fourth-order valence-electron chi connectivity index (χ4n) is 3.33. The predicted molar refractivity (Wildman–Crippen MR) is 136 cm³/mol. The summed E-state index contributed by atoms with van der Waals surface area (Å²) in [6, 6.07) is 3.34. The number of benzene rings is 1. The summed E-state index contributed by atoms with van der Waals surface area (Å²) in [5.74, 6) is -3.43. The molecule has 2 rings (SSSR count). The van der Waals surface area contributed by atoms with Crippen molar-refractivity contribution < 1.29 is 24.3 Å². The van der Waals surface area contributed by atoms with Crippen LogP contribution in [0.25, 0.3) is 10.9 Å². The van der Waals surface area contributed by atoms with Crippen molar-refractivity contribution in [1.82, 2.24) is 20.9 Å². The Morgan fingerprint density at radius 2 is 1.62 bits per heavy atom. The van der Waals surface area contributed by atoms with Crippen LogP contribution in [0.2, 0.25) is 0 Å². The molecular formula is C22H31N5O5S2. The molecule has 10 nitrogen and oxygen atoms in total. The zero-order chi connectivity index (χ0) is 25.4. The lowest BCUT2D eigenvalue weighted by atomic mass is 10.00. The predicted octanol–water partition coefficient (Wildman–Crippen LogP) is 0.0923. The van der Waals surface area contributed by atoms with Crippen molar-refractivity contribution in [3.63, 3.8) is 0 Å². The number of aromatic amines is 1. The molecule has 1 heterocycles. The topological polar surface area (TPSA) is 166 Å². The van der Waals surface area contributed by atoms with Gasteiger partial charge >= 0.3 is 5.97 Å². The first-order chi connectivity index (χ1) is 16.1. The fourth-order valence-corrected chi connectivity index (χ4v) is 3.74. The van der Waals surface area contributed by atoms with Gasteiger partial charge in [-0.2, -0.15) is 25.3 Å². The molecule has 0 radical (unpaired) electrons. The number of thiol groups is 2. The van der Waals surface area contributed by atoms with E-state index in [0.717, 1.165) is 16.5 Å². The van der Waals surface area contributed by atoms with E-state index in [4.69, 9.17) is 5.73 Å². The zero-order valence-corrected chi connectivity index (χ0v) is 20.7. The number of para-hydroxylation sites is 1. The molecule has 4 atom stereocenters. The normalized spacial score (nSPS) is 14.8. The molecule has 2 aromatic rings. The van der Waals surface area contributed by atoms with Crippen LogP contribution < -0.4 is 21.7 Å². The molecule has 0 aliphatic rings. The minimum atomic E-state index is -1.23. The summed E-state index contributed by atoms with van der Waals surface area (Å²) in [4.78, 5) is 52.9. The number of aliphatic carboxylic acids is 1. The van der Waals surface area contributed by atoms with Crippen molar-refractivity contribution in [3.05, 3.63) is 36.0 Å². The highest BCUT2D eigenvalue weighted by molar-refractivity contribution is 7.80. The molecule has 1 aromatic heterocycles. The van der Waals surface area contributed by atoms with Gasteiger partial charge in [0.15, 0.2) is 0 Å². The highest BCUT2D eigenvalue weighted by Crippen LogP contribution is 2.19. The molecule has 34 heavy (non-hydrogen) atoms. The molecule has 0 saturated heterocycles. The summed E-state index contributed by atoms with van der Waals surface area (Å²) < 4.78 is 0. The Labute approximate surface area is 208 Å². The quantitative estimate of drug-likeness (QED) is 0.189. The number of nitrogens with one attached hydrogen (secondary N) is 4. The molecule has 0 saturated carbocycles. The summed E-state index contributed by atoms with van der Waals surface area (Å²) in [7, 11) is 0. The highest BCUT2D eigenvalue weighted by atomic mass is 32.1. The van der Waals surface area contributed by atoms with Crippen molar-refractivity contribution >= 4 is 59.9 Å². The summed E-state index contributed by atoms with van der Waals surface area (Å²) in [6.07, 6.45) is 1.90. The minimum Gasteiger partial charge on any atom is -0.480 e. The van der Waals surface area contributed by atoms with Gasteiger partial charge in [-0.1, -0.05) is 32.0 Å². The average Bonchev–Trinajstić information content (AvgIpc) is 3.21. The molecule has 0 aliphatic heterocycles. The molecule has 0 aliphatic carbocycles. The second kappa shape index (κ2) is 12.7. The lowest BCUT2D eigenvalue weighted by molar-refractivity contribution is -0.142. The first kappa shape index (κ1) is 27.5. The van der Waals surface area contributed by atoms with E-state index in [1.54, 1.807) is 20.0 Å². The van der Waals surface area contributed by atoms with Crippen LogP contribution >= 0.6 is 25.3 Å². The van der Waals surface area contributed by atoms with Crippen LogP contribution in [0.1, 0.15) is 19.4 Å². The second-order valence-electron chi connectivity index (χ2n) is 8.23. The maximum absolute atomic E-state index is 13.3. The number of carboxylic acid groups (broad SMARTS) is 1. The van der Waals surface area contributed by atoms with Gasteiger partial charge in [-0.25, -0.2) is 4.79 Å². The van der Waals surface area contributed by atoms with E-state index in [1.165, 1.54) is 0 Å². The maximum Gasteiger partial charge on any atom is 0.327 e. The van der Waals surface area contributed by atoms with Crippen molar-refractivity contribution in [1.29, 1.82) is 0 Å². The summed E-state index contributed by atoms with van der Waals surface area (Å²) in [6.45, 7) is 3.43. The van der Waals surface area contributed by atoms with Crippen molar-refractivity contribution in [2.24, 2.45) is 11.7 Å². The monoisotopic (exact) mass is 509 g/mol. The molecule has 0 spiro atoms. The van der Waals surface area contributed by atoms with Crippen LogP contribution in [0.3, 0.4) is 0 Å². The van der Waals surface area contributed by atoms with E-state index in [2.05, 4.69) is 46.2 Å². The Morgan fingerprint density at radius 3 is 2.21 bits per heavy atom. The maximum atomic E-state index is 13.3. The Kier molecular flexibility index (Phi) is 10.3. The average molecular weight is 510 g/mol. The van der Waals surface area contributed by atoms with E-state index < -0.39 is 47.9 Å². The Hall–Kier alpha value is -2.70. The van der Waals surface area contributed by atoms with Gasteiger partial charge in [-0.3, -0.25) is 14.4 Å². The van der Waals surface area contributed by atoms with Crippen molar-refractivity contribution in [3.8, 4) is 0 Å². The number of hydrogen-bond donors (Lipinski definition) is 8. The summed E-state index contributed by atoms with van der Waals surface area (Å²) in [5, 5.41) is 17.8. The number of nitrogens with two attached hydrogens (primary N) is 1. The summed E-state index contributed by atoms with van der Waals surface area (Å²) >= 11 is 7.98. The first-order valence-corrected chi connectivity index (χ1v) is 12.0. The zero-order valence-electron chi connectivity index (χ0n) is 18.9. The van der Waals surface area contributed by atoms with E-state index in [9.17, 15) is 24.3 Å². The number of H-pyrrole nitrogens is 1. The van der Waals surface area contributed by atoms with Crippen molar-refractivity contribution in [2.75, 3.05) is 11.5 Å². The first-order valence-electron chi connectivity index (χ1n) is 10.7. The van der Waals surface area contributed by atoms with Gasteiger partial charge < -0.3 is 31.8 Å². The van der Waals surface area contributed by atoms with Crippen LogP contribution in [0, 0.1) is 5.92 Å². The Morgan fingerprint density at radius 1 is 0.971 bits per heavy atom. The Balaban J connectivity index is 2.26. The van der Waals surface area contributed by atoms with E-state index >= 15 is 0 Å². The lowest BCUT2D eigenvalue weighted by Crippen LogP contribution is -2.59. The third-order valence-corrected chi connectivity index (χ3v) is 6.07. The standard InChI is InChI=1S/C22H31N5O5S2/c1-11(2)18(21(30)26-17(10-34)22(31)32)27-20(29)16(25-19(28)14(23)9-33)7-12-8-24-15-6-4-3-5-13(12)15/h3-6,8,11,14,16-18,24,33-34H,7,9-10,23H2,1-2H3,(H,25,28)(H,26,30)(H,27,29)(H,31,32).